The van der Waals surface area contributed by atoms with Crippen LogP contribution in [0.2, 0.25) is 0 Å². The average Bonchev–Trinajstić information content (AvgIpc) is 2.86. The van der Waals surface area contributed by atoms with Crippen molar-refractivity contribution < 1.29 is 8.42 Å². The van der Waals surface area contributed by atoms with Crippen LogP contribution in [0.5, 0.6) is 0 Å². The number of hydrogen-bond acceptors (Lipinski definition) is 4. The summed E-state index contributed by atoms with van der Waals surface area (Å²) in [5, 5.41) is 4.92. The fourth-order valence-corrected chi connectivity index (χ4v) is 4.80. The van der Waals surface area contributed by atoms with Gasteiger partial charge in [-0.25, -0.2) is 13.1 Å². The van der Waals surface area contributed by atoms with Crippen molar-refractivity contribution in [3.63, 3.8) is 0 Å². The molecule has 0 saturated carbocycles. The maximum Gasteiger partial charge on any atom is 0.241 e. The molecule has 1 heterocycles. The number of thiophene rings is 1. The molecule has 0 aliphatic heterocycles. The first kappa shape index (κ1) is 17.6. The number of nitrogens with one attached hydrogen (secondary N) is 2. The minimum absolute atomic E-state index is 0.0351. The van der Waals surface area contributed by atoms with E-state index < -0.39 is 10.0 Å². The van der Waals surface area contributed by atoms with E-state index in [0.29, 0.717) is 10.8 Å². The molecule has 0 spiro atoms. The predicted molar refractivity (Wildman–Crippen MR) is 85.6 cm³/mol. The van der Waals surface area contributed by atoms with Gasteiger partial charge in [0.05, 0.1) is 4.90 Å². The zero-order valence-electron chi connectivity index (χ0n) is 12.8. The molecule has 4 nitrogen and oxygen atoms in total. The van der Waals surface area contributed by atoms with Crippen LogP contribution in [-0.2, 0) is 16.6 Å². The summed E-state index contributed by atoms with van der Waals surface area (Å²) in [7, 11) is -3.40. The van der Waals surface area contributed by atoms with Gasteiger partial charge in [0, 0.05) is 22.8 Å². The summed E-state index contributed by atoms with van der Waals surface area (Å²) in [4.78, 5) is 1.43. The Morgan fingerprint density at radius 3 is 2.45 bits per heavy atom. The second-order valence-electron chi connectivity index (χ2n) is 5.02. The third-order valence-corrected chi connectivity index (χ3v) is 6.21. The van der Waals surface area contributed by atoms with Gasteiger partial charge >= 0.3 is 0 Å². The molecular weight excluding hydrogens is 292 g/mol. The van der Waals surface area contributed by atoms with Crippen LogP contribution in [0, 0.1) is 5.92 Å². The number of rotatable bonds is 9. The van der Waals surface area contributed by atoms with Crippen LogP contribution >= 0.6 is 11.3 Å². The monoisotopic (exact) mass is 318 g/mol. The van der Waals surface area contributed by atoms with Gasteiger partial charge in [0.25, 0.3) is 0 Å². The van der Waals surface area contributed by atoms with Gasteiger partial charge < -0.3 is 5.32 Å². The van der Waals surface area contributed by atoms with Crippen molar-refractivity contribution >= 4 is 21.4 Å². The molecule has 0 saturated heterocycles. The molecule has 6 heteroatoms. The Morgan fingerprint density at radius 1 is 1.25 bits per heavy atom. The molecule has 1 aromatic rings. The van der Waals surface area contributed by atoms with Crippen LogP contribution in [0.3, 0.4) is 0 Å². The summed E-state index contributed by atoms with van der Waals surface area (Å²) in [6.07, 6.45) is 1.96. The van der Waals surface area contributed by atoms with E-state index in [4.69, 9.17) is 0 Å². The lowest BCUT2D eigenvalue weighted by molar-refractivity contribution is 0.391. The van der Waals surface area contributed by atoms with E-state index in [9.17, 15) is 8.42 Å². The lowest BCUT2D eigenvalue weighted by atomic mass is 9.96. The SMILES string of the molecule is CCNCc1cc(S(=O)(=O)NC(C)C(CC)CC)cs1. The van der Waals surface area contributed by atoms with Gasteiger partial charge in [0.2, 0.25) is 10.0 Å². The van der Waals surface area contributed by atoms with Crippen molar-refractivity contribution in [2.75, 3.05) is 6.54 Å². The molecule has 0 bridgehead atoms. The smallest absolute Gasteiger partial charge is 0.241 e. The Morgan fingerprint density at radius 2 is 1.90 bits per heavy atom. The number of sulfonamides is 1. The summed E-state index contributed by atoms with van der Waals surface area (Å²) in [5.74, 6) is 0.379. The third-order valence-electron chi connectivity index (χ3n) is 3.59. The van der Waals surface area contributed by atoms with Gasteiger partial charge in [-0.15, -0.1) is 11.3 Å². The normalized spacial score (nSPS) is 13.8. The predicted octanol–water partition coefficient (Wildman–Crippen LogP) is 2.96. The van der Waals surface area contributed by atoms with Gasteiger partial charge in [0.15, 0.2) is 0 Å². The van der Waals surface area contributed by atoms with Crippen LogP contribution < -0.4 is 10.0 Å². The largest absolute Gasteiger partial charge is 0.312 e. The highest BCUT2D eigenvalue weighted by atomic mass is 32.2. The first-order valence-electron chi connectivity index (χ1n) is 7.25. The van der Waals surface area contributed by atoms with Crippen LogP contribution in [0.15, 0.2) is 16.3 Å². The molecular formula is C14H26N2O2S2. The highest BCUT2D eigenvalue weighted by Gasteiger charge is 2.22. The molecule has 1 atom stereocenters. The van der Waals surface area contributed by atoms with Gasteiger partial charge in [-0.05, 0) is 25.5 Å². The average molecular weight is 319 g/mol. The van der Waals surface area contributed by atoms with Gasteiger partial charge in [-0.2, -0.15) is 0 Å². The summed E-state index contributed by atoms with van der Waals surface area (Å²) in [5.41, 5.74) is 0. The van der Waals surface area contributed by atoms with E-state index in [0.717, 1.165) is 30.8 Å². The van der Waals surface area contributed by atoms with E-state index in [1.807, 2.05) is 13.8 Å². The number of hydrogen-bond donors (Lipinski definition) is 2. The highest BCUT2D eigenvalue weighted by Crippen LogP contribution is 2.21. The summed E-state index contributed by atoms with van der Waals surface area (Å²) >= 11 is 1.48. The van der Waals surface area contributed by atoms with Gasteiger partial charge in [-0.1, -0.05) is 33.6 Å². The second kappa shape index (κ2) is 8.12. The van der Waals surface area contributed by atoms with Crippen molar-refractivity contribution in [3.8, 4) is 0 Å². The van der Waals surface area contributed by atoms with Crippen molar-refractivity contribution in [2.24, 2.45) is 5.92 Å². The zero-order valence-corrected chi connectivity index (χ0v) is 14.4. The third kappa shape index (κ3) is 4.84. The maximum atomic E-state index is 12.3. The lowest BCUT2D eigenvalue weighted by Crippen LogP contribution is -2.37. The Kier molecular flexibility index (Phi) is 7.15. The molecule has 0 aliphatic carbocycles. The van der Waals surface area contributed by atoms with Gasteiger partial charge in [-0.3, -0.25) is 0 Å². The zero-order chi connectivity index (χ0) is 15.2. The fourth-order valence-electron chi connectivity index (χ4n) is 2.25. The van der Waals surface area contributed by atoms with Crippen molar-refractivity contribution in [2.45, 2.75) is 58.0 Å². The molecule has 0 amide bonds. The van der Waals surface area contributed by atoms with E-state index >= 15 is 0 Å². The van der Waals surface area contributed by atoms with Crippen LogP contribution in [0.1, 0.15) is 45.4 Å². The standard InChI is InChI=1S/C14H26N2O2S2/c1-5-12(6-2)11(4)16-20(17,18)14-8-13(19-10-14)9-15-7-3/h8,10-12,15-16H,5-7,9H2,1-4H3. The lowest BCUT2D eigenvalue weighted by Gasteiger charge is -2.22. The molecule has 2 N–H and O–H groups in total. The molecule has 0 fully saturated rings. The van der Waals surface area contributed by atoms with Gasteiger partial charge in [0.1, 0.15) is 0 Å². The van der Waals surface area contributed by atoms with Crippen molar-refractivity contribution in [1.82, 2.24) is 10.0 Å². The fraction of sp³-hybridized carbons (Fsp3) is 0.714. The minimum atomic E-state index is -3.40. The summed E-state index contributed by atoms with van der Waals surface area (Å²) in [6, 6.07) is 1.72. The quantitative estimate of drug-likeness (QED) is 0.736. The Bertz CT molecular complexity index is 493. The van der Waals surface area contributed by atoms with E-state index in [-0.39, 0.29) is 6.04 Å². The molecule has 1 rings (SSSR count). The van der Waals surface area contributed by atoms with Crippen molar-refractivity contribution in [1.29, 1.82) is 0 Å². The summed E-state index contributed by atoms with van der Waals surface area (Å²) in [6.45, 7) is 9.77. The summed E-state index contributed by atoms with van der Waals surface area (Å²) < 4.78 is 27.5. The minimum Gasteiger partial charge on any atom is -0.312 e. The molecule has 0 aliphatic rings. The first-order valence-corrected chi connectivity index (χ1v) is 9.61. The second-order valence-corrected chi connectivity index (χ2v) is 7.73. The molecule has 0 radical (unpaired) electrons. The van der Waals surface area contributed by atoms with E-state index in [1.165, 1.54) is 11.3 Å². The molecule has 0 aromatic carbocycles. The van der Waals surface area contributed by atoms with E-state index in [1.54, 1.807) is 11.4 Å². The Labute approximate surface area is 127 Å². The van der Waals surface area contributed by atoms with Crippen molar-refractivity contribution in [3.05, 3.63) is 16.3 Å². The molecule has 116 valence electrons. The molecule has 1 aromatic heterocycles. The van der Waals surface area contributed by atoms with Crippen LogP contribution in [0.25, 0.3) is 0 Å². The highest BCUT2D eigenvalue weighted by molar-refractivity contribution is 7.89. The molecule has 20 heavy (non-hydrogen) atoms. The Balaban J connectivity index is 2.75. The van der Waals surface area contributed by atoms with Crippen LogP contribution in [-0.4, -0.2) is 21.0 Å². The Hall–Kier alpha value is -0.430. The first-order chi connectivity index (χ1) is 9.44. The maximum absolute atomic E-state index is 12.3. The van der Waals surface area contributed by atoms with Crippen LogP contribution in [0.4, 0.5) is 0 Å². The topological polar surface area (TPSA) is 58.2 Å². The van der Waals surface area contributed by atoms with E-state index in [2.05, 4.69) is 23.9 Å². The molecule has 1 unspecified atom stereocenters.